The topological polar surface area (TPSA) is 101 Å². The predicted octanol–water partition coefficient (Wildman–Crippen LogP) is 2.86. The Balaban J connectivity index is 1.90. The van der Waals surface area contributed by atoms with Crippen molar-refractivity contribution in [2.24, 2.45) is 5.14 Å². The zero-order valence-corrected chi connectivity index (χ0v) is 14.5. The molecule has 0 fully saturated rings. The first-order valence-electron chi connectivity index (χ1n) is 7.50. The smallest absolute Gasteiger partial charge is 0.338 e. The van der Waals surface area contributed by atoms with Crippen molar-refractivity contribution in [2.75, 3.05) is 11.9 Å². The lowest BCUT2D eigenvalue weighted by Crippen LogP contribution is -2.30. The largest absolute Gasteiger partial charge is 0.419 e. The van der Waals surface area contributed by atoms with Gasteiger partial charge in [-0.1, -0.05) is 12.1 Å². The van der Waals surface area contributed by atoms with Crippen LogP contribution in [0.1, 0.15) is 11.1 Å². The first-order chi connectivity index (χ1) is 12.5. The molecule has 146 valence electrons. The SMILES string of the molecule is NS(=O)(=O)c1ccc(CCNC(=O)Nc2ccc(F)c(C(F)(F)F)c2)cc1. The molecule has 2 aromatic rings. The van der Waals surface area contributed by atoms with Gasteiger partial charge in [-0.2, -0.15) is 13.2 Å². The summed E-state index contributed by atoms with van der Waals surface area (Å²) in [4.78, 5) is 11.7. The van der Waals surface area contributed by atoms with Gasteiger partial charge in [0.2, 0.25) is 10.0 Å². The average Bonchev–Trinajstić information content (AvgIpc) is 2.55. The molecule has 0 radical (unpaired) electrons. The number of benzene rings is 2. The highest BCUT2D eigenvalue weighted by Crippen LogP contribution is 2.32. The van der Waals surface area contributed by atoms with Gasteiger partial charge in [-0.15, -0.1) is 0 Å². The van der Waals surface area contributed by atoms with E-state index in [-0.39, 0.29) is 17.1 Å². The van der Waals surface area contributed by atoms with Crippen LogP contribution < -0.4 is 15.8 Å². The third kappa shape index (κ3) is 5.93. The third-order valence-electron chi connectivity index (χ3n) is 3.48. The van der Waals surface area contributed by atoms with Gasteiger partial charge >= 0.3 is 12.2 Å². The zero-order chi connectivity index (χ0) is 20.2. The number of nitrogens with two attached hydrogens (primary N) is 1. The number of halogens is 4. The Kier molecular flexibility index (Phi) is 6.06. The van der Waals surface area contributed by atoms with Crippen LogP contribution in [0.25, 0.3) is 0 Å². The van der Waals surface area contributed by atoms with E-state index in [0.717, 1.165) is 6.07 Å². The molecule has 0 aliphatic heterocycles. The number of anilines is 1. The Labute approximate surface area is 152 Å². The minimum absolute atomic E-state index is 0.0475. The van der Waals surface area contributed by atoms with Crippen LogP contribution in [0.5, 0.6) is 0 Å². The first kappa shape index (κ1) is 20.6. The number of carbonyl (C=O) groups is 1. The zero-order valence-electron chi connectivity index (χ0n) is 13.7. The second-order valence-corrected chi connectivity index (χ2v) is 7.07. The molecule has 2 aromatic carbocycles. The van der Waals surface area contributed by atoms with Crippen molar-refractivity contribution >= 4 is 21.7 Å². The Morgan fingerprint density at radius 2 is 1.70 bits per heavy atom. The van der Waals surface area contributed by atoms with E-state index >= 15 is 0 Å². The van der Waals surface area contributed by atoms with Crippen LogP contribution in [0.4, 0.5) is 28.0 Å². The molecule has 0 bridgehead atoms. The maximum absolute atomic E-state index is 13.2. The van der Waals surface area contributed by atoms with Crippen LogP contribution in [0, 0.1) is 5.82 Å². The summed E-state index contributed by atoms with van der Waals surface area (Å²) in [7, 11) is -3.79. The second-order valence-electron chi connectivity index (χ2n) is 5.51. The van der Waals surface area contributed by atoms with Gasteiger partial charge in [-0.25, -0.2) is 22.7 Å². The van der Waals surface area contributed by atoms with Crippen molar-refractivity contribution < 1.29 is 30.8 Å². The van der Waals surface area contributed by atoms with Crippen molar-refractivity contribution in [2.45, 2.75) is 17.5 Å². The molecular weight excluding hydrogens is 390 g/mol. The van der Waals surface area contributed by atoms with Crippen LogP contribution in [0.2, 0.25) is 0 Å². The molecule has 0 heterocycles. The van der Waals surface area contributed by atoms with E-state index < -0.39 is 33.6 Å². The van der Waals surface area contributed by atoms with Crippen LogP contribution in [0.3, 0.4) is 0 Å². The molecule has 2 rings (SSSR count). The third-order valence-corrected chi connectivity index (χ3v) is 4.41. The maximum atomic E-state index is 13.2. The van der Waals surface area contributed by atoms with Crippen LogP contribution in [-0.4, -0.2) is 21.0 Å². The van der Waals surface area contributed by atoms with E-state index in [1.54, 1.807) is 0 Å². The predicted molar refractivity (Wildman–Crippen MR) is 89.9 cm³/mol. The van der Waals surface area contributed by atoms with E-state index in [1.807, 2.05) is 0 Å². The number of hydrogen-bond donors (Lipinski definition) is 3. The molecule has 27 heavy (non-hydrogen) atoms. The number of primary sulfonamides is 1. The van der Waals surface area contributed by atoms with Gasteiger partial charge in [-0.3, -0.25) is 0 Å². The fourth-order valence-electron chi connectivity index (χ4n) is 2.16. The number of amides is 2. The molecule has 0 aromatic heterocycles. The molecular formula is C16H15F4N3O3S. The second kappa shape index (κ2) is 7.92. The lowest BCUT2D eigenvalue weighted by Gasteiger charge is -2.12. The molecule has 0 atom stereocenters. The summed E-state index contributed by atoms with van der Waals surface area (Å²) >= 11 is 0. The lowest BCUT2D eigenvalue weighted by molar-refractivity contribution is -0.139. The molecule has 0 saturated carbocycles. The summed E-state index contributed by atoms with van der Waals surface area (Å²) in [5.41, 5.74) is -0.974. The Morgan fingerprint density at radius 1 is 1.07 bits per heavy atom. The van der Waals surface area contributed by atoms with E-state index in [1.165, 1.54) is 24.3 Å². The van der Waals surface area contributed by atoms with Gasteiger partial charge in [-0.05, 0) is 42.3 Å². The number of nitrogens with one attached hydrogen (secondary N) is 2. The van der Waals surface area contributed by atoms with Crippen molar-refractivity contribution in [1.82, 2.24) is 5.32 Å². The van der Waals surface area contributed by atoms with E-state index in [0.29, 0.717) is 24.1 Å². The van der Waals surface area contributed by atoms with Crippen molar-refractivity contribution in [3.05, 3.63) is 59.4 Å². The number of urea groups is 1. The van der Waals surface area contributed by atoms with Gasteiger partial charge in [0, 0.05) is 12.2 Å². The van der Waals surface area contributed by atoms with Gasteiger partial charge in [0.25, 0.3) is 0 Å². The van der Waals surface area contributed by atoms with Gasteiger partial charge in [0.1, 0.15) is 5.82 Å². The highest BCUT2D eigenvalue weighted by molar-refractivity contribution is 7.89. The van der Waals surface area contributed by atoms with Crippen molar-refractivity contribution in [3.63, 3.8) is 0 Å². The Bertz CT molecular complexity index is 929. The number of hydrogen-bond acceptors (Lipinski definition) is 3. The van der Waals surface area contributed by atoms with Gasteiger partial charge < -0.3 is 10.6 Å². The summed E-state index contributed by atoms with van der Waals surface area (Å²) in [6.45, 7) is 0.133. The molecule has 0 saturated heterocycles. The summed E-state index contributed by atoms with van der Waals surface area (Å²) in [6, 6.07) is 7.05. The minimum atomic E-state index is -4.87. The molecule has 0 spiro atoms. The fraction of sp³-hybridized carbons (Fsp3) is 0.188. The summed E-state index contributed by atoms with van der Waals surface area (Å²) in [5, 5.41) is 9.59. The fourth-order valence-corrected chi connectivity index (χ4v) is 2.68. The molecule has 6 nitrogen and oxygen atoms in total. The summed E-state index contributed by atoms with van der Waals surface area (Å²) in [5.74, 6) is -1.43. The number of carbonyl (C=O) groups excluding carboxylic acids is 1. The number of rotatable bonds is 5. The van der Waals surface area contributed by atoms with Crippen molar-refractivity contribution in [1.29, 1.82) is 0 Å². The van der Waals surface area contributed by atoms with E-state index in [9.17, 15) is 30.8 Å². The van der Waals surface area contributed by atoms with E-state index in [4.69, 9.17) is 5.14 Å². The van der Waals surface area contributed by atoms with Crippen LogP contribution in [0.15, 0.2) is 47.4 Å². The van der Waals surface area contributed by atoms with Gasteiger partial charge in [0.15, 0.2) is 0 Å². The lowest BCUT2D eigenvalue weighted by atomic mass is 10.1. The monoisotopic (exact) mass is 405 g/mol. The standard InChI is InChI=1S/C16H15F4N3O3S/c17-14-6-3-11(9-13(14)16(18,19)20)23-15(24)22-8-7-10-1-4-12(5-2-10)27(21,25)26/h1-6,9H,7-8H2,(H2,21,25,26)(H2,22,23,24). The molecule has 0 aliphatic rings. The molecule has 0 unspecified atom stereocenters. The summed E-state index contributed by atoms with van der Waals surface area (Å²) < 4.78 is 73.4. The molecule has 0 aliphatic carbocycles. The Morgan fingerprint density at radius 3 is 2.26 bits per heavy atom. The van der Waals surface area contributed by atoms with Crippen LogP contribution in [-0.2, 0) is 22.6 Å². The summed E-state index contributed by atoms with van der Waals surface area (Å²) in [6.07, 6.45) is -4.53. The average molecular weight is 405 g/mol. The van der Waals surface area contributed by atoms with Crippen molar-refractivity contribution in [3.8, 4) is 0 Å². The van der Waals surface area contributed by atoms with E-state index in [2.05, 4.69) is 10.6 Å². The van der Waals surface area contributed by atoms with Gasteiger partial charge in [0.05, 0.1) is 10.5 Å². The molecule has 2 amide bonds. The molecule has 4 N–H and O–H groups in total. The molecule has 11 heteroatoms. The van der Waals surface area contributed by atoms with Crippen LogP contribution >= 0.6 is 0 Å². The number of alkyl halides is 3. The number of sulfonamides is 1. The first-order valence-corrected chi connectivity index (χ1v) is 9.05. The Hall–Kier alpha value is -2.66. The normalized spacial score (nSPS) is 11.9. The maximum Gasteiger partial charge on any atom is 0.419 e. The highest BCUT2D eigenvalue weighted by Gasteiger charge is 2.34. The minimum Gasteiger partial charge on any atom is -0.338 e. The quantitative estimate of drug-likeness (QED) is 0.667. The highest BCUT2D eigenvalue weighted by atomic mass is 32.2.